The van der Waals surface area contributed by atoms with Gasteiger partial charge in [-0.3, -0.25) is 14.0 Å². The summed E-state index contributed by atoms with van der Waals surface area (Å²) in [5, 5.41) is 10.4. The van der Waals surface area contributed by atoms with Gasteiger partial charge in [0.25, 0.3) is 0 Å². The van der Waals surface area contributed by atoms with Crippen molar-refractivity contribution in [2.75, 3.05) is 13.1 Å². The van der Waals surface area contributed by atoms with Gasteiger partial charge in [-0.15, -0.1) is 0 Å². The lowest BCUT2D eigenvalue weighted by molar-refractivity contribution is -0.0181. The highest BCUT2D eigenvalue weighted by Gasteiger charge is 2.28. The van der Waals surface area contributed by atoms with E-state index in [4.69, 9.17) is 4.98 Å². The highest BCUT2D eigenvalue weighted by Crippen LogP contribution is 2.28. The maximum atomic E-state index is 12.9. The van der Waals surface area contributed by atoms with E-state index in [0.717, 1.165) is 48.3 Å². The highest BCUT2D eigenvalue weighted by molar-refractivity contribution is 5.77. The smallest absolute Gasteiger partial charge is 0.330 e. The second-order valence-corrected chi connectivity index (χ2v) is 11.0. The minimum Gasteiger partial charge on any atom is -0.389 e. The number of benzene rings is 1. The van der Waals surface area contributed by atoms with E-state index < -0.39 is 5.60 Å². The first-order chi connectivity index (χ1) is 14.9. The summed E-state index contributed by atoms with van der Waals surface area (Å²) < 4.78 is 3.48. The van der Waals surface area contributed by atoms with Gasteiger partial charge in [0.1, 0.15) is 0 Å². The van der Waals surface area contributed by atoms with E-state index in [0.29, 0.717) is 18.7 Å². The molecule has 6 nitrogen and oxygen atoms in total. The zero-order chi connectivity index (χ0) is 23.3. The first-order valence-electron chi connectivity index (χ1n) is 11.5. The molecule has 1 aliphatic heterocycles. The number of aryl methyl sites for hydroxylation is 2. The van der Waals surface area contributed by atoms with Gasteiger partial charge >= 0.3 is 5.69 Å². The predicted octanol–water partition coefficient (Wildman–Crippen LogP) is 4.10. The molecule has 32 heavy (non-hydrogen) atoms. The molecule has 0 amide bonds. The van der Waals surface area contributed by atoms with Gasteiger partial charge in [-0.25, -0.2) is 9.78 Å². The molecule has 1 atom stereocenters. The Kier molecular flexibility index (Phi) is 5.80. The van der Waals surface area contributed by atoms with Gasteiger partial charge in [0.05, 0.1) is 16.8 Å². The molecule has 1 aliphatic rings. The Labute approximate surface area is 190 Å². The van der Waals surface area contributed by atoms with E-state index in [9.17, 15) is 9.90 Å². The lowest BCUT2D eigenvalue weighted by Crippen LogP contribution is -2.45. The predicted molar refractivity (Wildman–Crippen MR) is 130 cm³/mol. The summed E-state index contributed by atoms with van der Waals surface area (Å²) in [6.45, 7) is 13.6. The van der Waals surface area contributed by atoms with Gasteiger partial charge in [0.15, 0.2) is 5.65 Å². The fraction of sp³-hybridized carbons (Fsp3) is 0.538. The number of pyridine rings is 1. The van der Waals surface area contributed by atoms with Gasteiger partial charge in [-0.2, -0.15) is 0 Å². The molecule has 3 aromatic rings. The summed E-state index contributed by atoms with van der Waals surface area (Å²) in [6.07, 6.45) is 1.88. The second-order valence-electron chi connectivity index (χ2n) is 11.0. The van der Waals surface area contributed by atoms with Crippen LogP contribution in [0.4, 0.5) is 0 Å². The molecule has 0 aliphatic carbocycles. The molecule has 1 aromatic carbocycles. The number of piperidine rings is 1. The van der Waals surface area contributed by atoms with E-state index in [1.54, 1.807) is 11.6 Å². The Hall–Kier alpha value is -2.44. The third kappa shape index (κ3) is 4.66. The van der Waals surface area contributed by atoms with Crippen molar-refractivity contribution in [3.63, 3.8) is 0 Å². The molecule has 1 N–H and O–H groups in total. The lowest BCUT2D eigenvalue weighted by atomic mass is 9.94. The fourth-order valence-corrected chi connectivity index (χ4v) is 4.81. The highest BCUT2D eigenvalue weighted by atomic mass is 16.3. The van der Waals surface area contributed by atoms with E-state index in [1.807, 2.05) is 23.6 Å². The van der Waals surface area contributed by atoms with Crippen LogP contribution >= 0.6 is 0 Å². The number of imidazole rings is 1. The molecule has 1 unspecified atom stereocenters. The molecule has 0 saturated carbocycles. The molecule has 1 fully saturated rings. The van der Waals surface area contributed by atoms with Crippen molar-refractivity contribution in [3.8, 4) is 11.3 Å². The number of aromatic nitrogens is 3. The van der Waals surface area contributed by atoms with Crippen LogP contribution in [0.2, 0.25) is 0 Å². The van der Waals surface area contributed by atoms with Crippen molar-refractivity contribution in [1.29, 1.82) is 0 Å². The van der Waals surface area contributed by atoms with Crippen LogP contribution in [0.5, 0.6) is 0 Å². The van der Waals surface area contributed by atoms with Crippen LogP contribution in [0, 0.1) is 12.3 Å². The number of hydrogen-bond acceptors (Lipinski definition) is 4. The van der Waals surface area contributed by atoms with Crippen LogP contribution in [0.15, 0.2) is 35.1 Å². The number of aliphatic hydroxyl groups is 1. The number of fused-ring (bicyclic) bond motifs is 1. The number of β-amino-alcohol motifs (C(OH)–C–C–N with tert-alkyl or cyclic N) is 1. The van der Waals surface area contributed by atoms with Crippen molar-refractivity contribution in [1.82, 2.24) is 19.0 Å². The number of hydrogen-bond donors (Lipinski definition) is 1. The van der Waals surface area contributed by atoms with E-state index in [1.165, 1.54) is 5.56 Å². The number of rotatable bonds is 4. The van der Waals surface area contributed by atoms with Crippen molar-refractivity contribution in [2.45, 2.75) is 66.2 Å². The van der Waals surface area contributed by atoms with Gasteiger partial charge in [0, 0.05) is 32.2 Å². The lowest BCUT2D eigenvalue weighted by Gasteiger charge is -2.36. The third-order valence-corrected chi connectivity index (χ3v) is 6.35. The SMILES string of the molecule is Cc1ccc(CN2CCCC(C)(O)C2)cc1-c1ccc2c(n1)n(C)c(=O)n2CC(C)(C)C. The zero-order valence-electron chi connectivity index (χ0n) is 20.3. The summed E-state index contributed by atoms with van der Waals surface area (Å²) in [6, 6.07) is 10.6. The Bertz CT molecular complexity index is 1200. The van der Waals surface area contributed by atoms with E-state index >= 15 is 0 Å². The van der Waals surface area contributed by atoms with Gasteiger partial charge < -0.3 is 5.11 Å². The first-order valence-corrected chi connectivity index (χ1v) is 11.5. The molecule has 2 aromatic heterocycles. The largest absolute Gasteiger partial charge is 0.389 e. The molecule has 4 rings (SSSR count). The van der Waals surface area contributed by atoms with Crippen LogP contribution < -0.4 is 5.69 Å². The molecular weight excluding hydrogens is 400 g/mol. The summed E-state index contributed by atoms with van der Waals surface area (Å²) >= 11 is 0. The van der Waals surface area contributed by atoms with Crippen molar-refractivity contribution in [3.05, 3.63) is 51.9 Å². The maximum Gasteiger partial charge on any atom is 0.330 e. The Morgan fingerprint density at radius 2 is 1.94 bits per heavy atom. The summed E-state index contributed by atoms with van der Waals surface area (Å²) in [5.41, 5.74) is 5.30. The number of nitrogens with zero attached hydrogens (tertiary/aromatic N) is 4. The van der Waals surface area contributed by atoms with Crippen LogP contribution in [0.1, 0.15) is 51.7 Å². The molecule has 3 heterocycles. The summed E-state index contributed by atoms with van der Waals surface area (Å²) in [7, 11) is 1.80. The summed E-state index contributed by atoms with van der Waals surface area (Å²) in [5.74, 6) is 0. The average Bonchev–Trinajstić information content (AvgIpc) is 2.92. The third-order valence-electron chi connectivity index (χ3n) is 6.35. The monoisotopic (exact) mass is 436 g/mol. The Balaban J connectivity index is 1.69. The van der Waals surface area contributed by atoms with Gasteiger partial charge in [-0.1, -0.05) is 32.9 Å². The Morgan fingerprint density at radius 3 is 2.62 bits per heavy atom. The van der Waals surface area contributed by atoms with Crippen LogP contribution in [0.25, 0.3) is 22.4 Å². The molecule has 0 spiro atoms. The quantitative estimate of drug-likeness (QED) is 0.669. The van der Waals surface area contributed by atoms with Crippen molar-refractivity contribution >= 4 is 11.2 Å². The van der Waals surface area contributed by atoms with Crippen LogP contribution in [-0.4, -0.2) is 42.8 Å². The second kappa shape index (κ2) is 8.16. The number of likely N-dealkylation sites (tertiary alicyclic amines) is 1. The summed E-state index contributed by atoms with van der Waals surface area (Å²) in [4.78, 5) is 20.1. The molecule has 0 bridgehead atoms. The maximum absolute atomic E-state index is 12.9. The molecule has 0 radical (unpaired) electrons. The van der Waals surface area contributed by atoms with E-state index in [-0.39, 0.29) is 11.1 Å². The normalized spacial score (nSPS) is 20.2. The topological polar surface area (TPSA) is 63.3 Å². The molecule has 172 valence electrons. The van der Waals surface area contributed by atoms with Gasteiger partial charge in [0.2, 0.25) is 0 Å². The van der Waals surface area contributed by atoms with E-state index in [2.05, 4.69) is 50.8 Å². The minimum atomic E-state index is -0.608. The van der Waals surface area contributed by atoms with Crippen LogP contribution in [-0.2, 0) is 20.1 Å². The molecule has 1 saturated heterocycles. The van der Waals surface area contributed by atoms with Crippen molar-refractivity contribution < 1.29 is 5.11 Å². The first kappa shape index (κ1) is 22.7. The van der Waals surface area contributed by atoms with Gasteiger partial charge in [-0.05, 0) is 68.0 Å². The fourth-order valence-electron chi connectivity index (χ4n) is 4.81. The van der Waals surface area contributed by atoms with Crippen molar-refractivity contribution in [2.24, 2.45) is 12.5 Å². The standard InChI is InChI=1S/C26H36N4O2/c1-18-8-9-19(15-29-13-7-12-26(5,32)17-29)14-20(18)21-10-11-22-23(27-21)28(6)24(31)30(22)16-25(2,3)4/h8-11,14,32H,7,12-13,15-17H2,1-6H3. The Morgan fingerprint density at radius 1 is 1.19 bits per heavy atom. The minimum absolute atomic E-state index is 0.000793. The van der Waals surface area contributed by atoms with Crippen LogP contribution in [0.3, 0.4) is 0 Å². The average molecular weight is 437 g/mol. The molecular formula is C26H36N4O2. The molecule has 6 heteroatoms. The zero-order valence-corrected chi connectivity index (χ0v) is 20.3.